The number of aromatic nitrogens is 2. The second-order valence-electron chi connectivity index (χ2n) is 9.93. The van der Waals surface area contributed by atoms with Crippen LogP contribution in [0.15, 0.2) is 47.4 Å². The number of carbonyl (C=O) groups is 1. The fourth-order valence-electron chi connectivity index (χ4n) is 3.85. The van der Waals surface area contributed by atoms with Crippen LogP contribution in [0.5, 0.6) is 11.6 Å². The molecule has 0 spiro atoms. The molecule has 2 aliphatic rings. The third kappa shape index (κ3) is 7.23. The molecule has 12 nitrogen and oxygen atoms in total. The minimum atomic E-state index is -4.29. The van der Waals surface area contributed by atoms with Crippen LogP contribution in [-0.4, -0.2) is 63.4 Å². The number of para-hydroxylation sites is 1. The maximum absolute atomic E-state index is 15.7. The van der Waals surface area contributed by atoms with Crippen molar-refractivity contribution in [3.05, 3.63) is 53.1 Å². The highest BCUT2D eigenvalue weighted by Crippen LogP contribution is 2.47. The minimum absolute atomic E-state index is 0.0163. The zero-order chi connectivity index (χ0) is 28.4. The Morgan fingerprint density at radius 1 is 1.28 bits per heavy atom. The average molecular weight is 570 g/mol. The van der Waals surface area contributed by atoms with Crippen LogP contribution < -0.4 is 20.0 Å². The van der Waals surface area contributed by atoms with Crippen LogP contribution in [0.2, 0.25) is 0 Å². The maximum Gasteiger partial charge on any atom is 0.459 e. The van der Waals surface area contributed by atoms with E-state index in [1.54, 1.807) is 32.0 Å². The van der Waals surface area contributed by atoms with Crippen LogP contribution in [-0.2, 0) is 23.4 Å². The van der Waals surface area contributed by atoms with Crippen molar-refractivity contribution in [3.8, 4) is 11.6 Å². The molecule has 6 atom stereocenters. The van der Waals surface area contributed by atoms with Gasteiger partial charge in [0.15, 0.2) is 11.9 Å². The Morgan fingerprint density at radius 2 is 1.97 bits per heavy atom. The van der Waals surface area contributed by atoms with Crippen molar-refractivity contribution in [3.63, 3.8) is 0 Å². The summed E-state index contributed by atoms with van der Waals surface area (Å²) in [6.07, 6.45) is -2.06. The number of alkyl halides is 1. The van der Waals surface area contributed by atoms with Gasteiger partial charge in [-0.05, 0) is 52.7 Å². The Hall–Kier alpha value is -2.83. The van der Waals surface area contributed by atoms with E-state index in [0.29, 0.717) is 0 Å². The number of hydrogen-bond donors (Lipinski definition) is 2. The first-order chi connectivity index (χ1) is 18.4. The van der Waals surface area contributed by atoms with Gasteiger partial charge in [0.05, 0.1) is 12.7 Å². The summed E-state index contributed by atoms with van der Waals surface area (Å²) in [5, 5.41) is 13.2. The van der Waals surface area contributed by atoms with E-state index in [-0.39, 0.29) is 17.7 Å². The fourth-order valence-corrected chi connectivity index (χ4v) is 5.36. The van der Waals surface area contributed by atoms with Crippen molar-refractivity contribution in [2.75, 3.05) is 6.61 Å². The molecule has 1 saturated carbocycles. The number of ether oxygens (including phenoxy) is 3. The van der Waals surface area contributed by atoms with E-state index in [2.05, 4.69) is 10.1 Å². The summed E-state index contributed by atoms with van der Waals surface area (Å²) in [5.74, 6) is -0.405. The number of rotatable bonds is 12. The SMILES string of the molecule is CC(C)OC(=O)[C@H](C)N[P@](=O)(OC[C@H]1O[C@@H](n2ccc(OC3CC3)nc2=O)[C@](C)(F)[C@@H]1O)Oc1ccccc1. The number of benzene rings is 1. The molecule has 1 aliphatic heterocycles. The van der Waals surface area contributed by atoms with Gasteiger partial charge < -0.3 is 23.8 Å². The third-order valence-electron chi connectivity index (χ3n) is 6.02. The number of esters is 1. The largest absolute Gasteiger partial charge is 0.474 e. The topological polar surface area (TPSA) is 147 Å². The zero-order valence-electron chi connectivity index (χ0n) is 22.1. The molecule has 2 N–H and O–H groups in total. The highest BCUT2D eigenvalue weighted by molar-refractivity contribution is 7.52. The van der Waals surface area contributed by atoms with Gasteiger partial charge in [0, 0.05) is 12.3 Å². The number of aliphatic hydroxyl groups excluding tert-OH is 1. The van der Waals surface area contributed by atoms with Crippen molar-refractivity contribution in [2.45, 2.75) is 82.9 Å². The molecule has 0 amide bonds. The molecular formula is C25H33FN3O9P. The summed E-state index contributed by atoms with van der Waals surface area (Å²) >= 11 is 0. The normalized spacial score (nSPS) is 27.1. The molecule has 39 heavy (non-hydrogen) atoms. The number of nitrogens with one attached hydrogen (secondary N) is 1. The van der Waals surface area contributed by atoms with Gasteiger partial charge in [0.25, 0.3) is 0 Å². The number of carbonyl (C=O) groups excluding carboxylic acids is 1. The molecular weight excluding hydrogens is 536 g/mol. The van der Waals surface area contributed by atoms with E-state index < -0.39 is 62.3 Å². The Balaban J connectivity index is 1.49. The standard InChI is InChI=1S/C25H33FN3O9P/c1-15(2)35-22(31)16(3)28-39(33,38-18-8-6-5-7-9-18)34-14-19-21(30)25(4,26)23(37-19)29-13-12-20(27-24(29)32)36-17-10-11-17/h5-9,12-13,15-17,19,21,23,30H,10-11,14H2,1-4H3,(H,28,33)/t16-,19+,21+,23+,25+,39-/m0/s1. The summed E-state index contributed by atoms with van der Waals surface area (Å²) in [4.78, 5) is 28.7. The predicted molar refractivity (Wildman–Crippen MR) is 136 cm³/mol. The first kappa shape index (κ1) is 29.2. The van der Waals surface area contributed by atoms with E-state index >= 15 is 4.39 Å². The Bertz CT molecular complexity index is 1250. The highest BCUT2D eigenvalue weighted by Gasteiger charge is 2.56. The second kappa shape index (κ2) is 11.7. The minimum Gasteiger partial charge on any atom is -0.474 e. The van der Waals surface area contributed by atoms with E-state index in [9.17, 15) is 19.3 Å². The molecule has 2 aromatic rings. The number of hydrogen-bond acceptors (Lipinski definition) is 10. The van der Waals surface area contributed by atoms with Crippen molar-refractivity contribution in [1.29, 1.82) is 0 Å². The van der Waals surface area contributed by atoms with E-state index in [0.717, 1.165) is 24.3 Å². The number of aliphatic hydroxyl groups is 1. The van der Waals surface area contributed by atoms with Crippen LogP contribution >= 0.6 is 7.75 Å². The molecule has 1 saturated heterocycles. The van der Waals surface area contributed by atoms with Crippen LogP contribution in [0.4, 0.5) is 4.39 Å². The highest BCUT2D eigenvalue weighted by atomic mass is 31.2. The van der Waals surface area contributed by atoms with Crippen molar-refractivity contribution >= 4 is 13.7 Å². The number of halogens is 1. The van der Waals surface area contributed by atoms with Gasteiger partial charge in [0.2, 0.25) is 5.88 Å². The molecule has 2 fully saturated rings. The van der Waals surface area contributed by atoms with Crippen molar-refractivity contribution in [1.82, 2.24) is 14.6 Å². The Morgan fingerprint density at radius 3 is 2.59 bits per heavy atom. The lowest BCUT2D eigenvalue weighted by molar-refractivity contribution is -0.149. The molecule has 214 valence electrons. The molecule has 1 aromatic carbocycles. The lowest BCUT2D eigenvalue weighted by Crippen LogP contribution is -2.43. The van der Waals surface area contributed by atoms with Gasteiger partial charge in [-0.2, -0.15) is 10.1 Å². The fraction of sp³-hybridized carbons (Fsp3) is 0.560. The van der Waals surface area contributed by atoms with Gasteiger partial charge in [-0.3, -0.25) is 13.9 Å². The molecule has 2 heterocycles. The van der Waals surface area contributed by atoms with Crippen molar-refractivity contribution < 1.29 is 42.1 Å². The van der Waals surface area contributed by atoms with Gasteiger partial charge in [-0.25, -0.2) is 13.8 Å². The molecule has 4 rings (SSSR count). The van der Waals surface area contributed by atoms with Crippen LogP contribution in [0.25, 0.3) is 0 Å². The third-order valence-corrected chi connectivity index (χ3v) is 7.66. The lowest BCUT2D eigenvalue weighted by atomic mass is 9.98. The first-order valence-electron chi connectivity index (χ1n) is 12.6. The van der Waals surface area contributed by atoms with Crippen LogP contribution in [0.1, 0.15) is 46.8 Å². The first-order valence-corrected chi connectivity index (χ1v) is 14.2. The van der Waals surface area contributed by atoms with E-state index in [1.165, 1.54) is 31.3 Å². The number of nitrogens with zero attached hydrogens (tertiary/aromatic N) is 2. The van der Waals surface area contributed by atoms with Crippen LogP contribution in [0.3, 0.4) is 0 Å². The van der Waals surface area contributed by atoms with E-state index in [4.69, 9.17) is 23.3 Å². The van der Waals surface area contributed by atoms with Gasteiger partial charge in [0.1, 0.15) is 30.1 Å². The Labute approximate surface area is 225 Å². The monoisotopic (exact) mass is 569 g/mol. The summed E-state index contributed by atoms with van der Waals surface area (Å²) in [6, 6.07) is 8.38. The molecule has 1 aromatic heterocycles. The van der Waals surface area contributed by atoms with Crippen molar-refractivity contribution in [2.24, 2.45) is 0 Å². The molecule has 0 bridgehead atoms. The summed E-state index contributed by atoms with van der Waals surface area (Å²) < 4.78 is 57.7. The van der Waals surface area contributed by atoms with Gasteiger partial charge >= 0.3 is 19.4 Å². The summed E-state index contributed by atoms with van der Waals surface area (Å²) in [7, 11) is -4.29. The lowest BCUT2D eigenvalue weighted by Gasteiger charge is -2.25. The molecule has 0 radical (unpaired) electrons. The second-order valence-corrected chi connectivity index (χ2v) is 11.6. The molecule has 1 aliphatic carbocycles. The quantitative estimate of drug-likeness (QED) is 0.287. The van der Waals surface area contributed by atoms with Gasteiger partial charge in [-0.15, -0.1) is 0 Å². The zero-order valence-corrected chi connectivity index (χ0v) is 23.0. The summed E-state index contributed by atoms with van der Waals surface area (Å²) in [5.41, 5.74) is -3.27. The maximum atomic E-state index is 15.7. The van der Waals surface area contributed by atoms with E-state index in [1.807, 2.05) is 0 Å². The molecule has 0 unspecified atom stereocenters. The van der Waals surface area contributed by atoms with Gasteiger partial charge in [-0.1, -0.05) is 18.2 Å². The summed E-state index contributed by atoms with van der Waals surface area (Å²) in [6.45, 7) is 5.22. The Kier molecular flexibility index (Phi) is 8.77. The molecule has 14 heteroatoms. The predicted octanol–water partition coefficient (Wildman–Crippen LogP) is 2.90. The van der Waals surface area contributed by atoms with Crippen LogP contribution in [0, 0.1) is 0 Å². The average Bonchev–Trinajstić information content (AvgIpc) is 3.64. The smallest absolute Gasteiger partial charge is 0.459 e.